The van der Waals surface area contributed by atoms with E-state index in [1.165, 1.54) is 0 Å². The summed E-state index contributed by atoms with van der Waals surface area (Å²) in [5.41, 5.74) is 2.16. The number of unbranched alkanes of at least 4 members (excludes halogenated alkanes) is 2. The van der Waals surface area contributed by atoms with Gasteiger partial charge in [0.2, 0.25) is 0 Å². The maximum atomic E-state index is 11.1. The predicted octanol–water partition coefficient (Wildman–Crippen LogP) is -0.306. The fourth-order valence-electron chi connectivity index (χ4n) is 1.25. The smallest absolute Gasteiger partial charge is 0.336 e. The van der Waals surface area contributed by atoms with Crippen LogP contribution < -0.4 is 16.4 Å². The van der Waals surface area contributed by atoms with Crippen molar-refractivity contribution in [3.8, 4) is 0 Å². The van der Waals surface area contributed by atoms with Crippen LogP contribution in [0.2, 0.25) is 0 Å². The Labute approximate surface area is 91.8 Å². The first kappa shape index (κ1) is 12.1. The second-order valence-electron chi connectivity index (χ2n) is 3.34. The summed E-state index contributed by atoms with van der Waals surface area (Å²) in [7, 11) is 0. The summed E-state index contributed by atoms with van der Waals surface area (Å²) >= 11 is 0. The van der Waals surface area contributed by atoms with E-state index in [1.54, 1.807) is 0 Å². The van der Waals surface area contributed by atoms with Crippen LogP contribution in [0.1, 0.15) is 26.2 Å². The van der Waals surface area contributed by atoms with Crippen molar-refractivity contribution in [1.82, 2.24) is 9.97 Å². The quantitative estimate of drug-likeness (QED) is 0.482. The number of imidazole rings is 1. The number of carboxylic acid groups (broad SMARTS) is 1. The van der Waals surface area contributed by atoms with Gasteiger partial charge in [-0.3, -0.25) is 4.98 Å². The number of rotatable bonds is 4. The minimum Gasteiger partial charge on any atom is -0.478 e. The van der Waals surface area contributed by atoms with Crippen molar-refractivity contribution in [3.05, 3.63) is 27.3 Å². The van der Waals surface area contributed by atoms with Crippen molar-refractivity contribution in [3.63, 3.8) is 0 Å². The average molecular weight is 222 g/mol. The topological polar surface area (TPSA) is 86.0 Å². The molecule has 0 aliphatic rings. The zero-order chi connectivity index (χ0) is 12.0. The van der Waals surface area contributed by atoms with Crippen LogP contribution in [0.5, 0.6) is 0 Å². The van der Waals surface area contributed by atoms with E-state index in [-0.39, 0.29) is 5.69 Å². The van der Waals surface area contributed by atoms with Gasteiger partial charge in [-0.25, -0.2) is 9.59 Å². The third-order valence-corrected chi connectivity index (χ3v) is 2.00. The van der Waals surface area contributed by atoms with E-state index in [9.17, 15) is 9.59 Å². The highest BCUT2D eigenvalue weighted by Gasteiger charge is 1.90. The third-order valence-electron chi connectivity index (χ3n) is 2.00. The summed E-state index contributed by atoms with van der Waals surface area (Å²) in [5, 5.41) is 9.43. The number of aliphatic carboxylic acids is 1. The minimum absolute atomic E-state index is 0.357. The van der Waals surface area contributed by atoms with Gasteiger partial charge in [0.05, 0.1) is 11.4 Å². The molecule has 16 heavy (non-hydrogen) atoms. The molecule has 0 bridgehead atoms. The number of hydrogen-bond acceptors (Lipinski definition) is 2. The van der Waals surface area contributed by atoms with Crippen LogP contribution in [0.25, 0.3) is 11.8 Å². The molecule has 5 nitrogen and oxygen atoms in total. The van der Waals surface area contributed by atoms with Crippen LogP contribution in [0, 0.1) is 0 Å². The normalized spacial score (nSPS) is 11.2. The monoisotopic (exact) mass is 222 g/mol. The van der Waals surface area contributed by atoms with E-state index >= 15 is 0 Å². The Balaban J connectivity index is 3.20. The van der Waals surface area contributed by atoms with Crippen molar-refractivity contribution in [2.45, 2.75) is 26.2 Å². The van der Waals surface area contributed by atoms with E-state index in [0.29, 0.717) is 10.7 Å². The Hall–Kier alpha value is -2.00. The molecule has 0 aliphatic heterocycles. The maximum Gasteiger partial charge on any atom is 0.336 e. The molecule has 0 saturated heterocycles. The molecule has 1 rings (SSSR count). The van der Waals surface area contributed by atoms with Crippen molar-refractivity contribution in [2.24, 2.45) is 0 Å². The highest BCUT2D eigenvalue weighted by Crippen LogP contribution is 1.92. The van der Waals surface area contributed by atoms with Gasteiger partial charge < -0.3 is 10.1 Å². The number of H-pyrrole nitrogens is 2. The predicted molar refractivity (Wildman–Crippen MR) is 60.3 cm³/mol. The molecule has 0 unspecified atom stereocenters. The minimum atomic E-state index is -1.10. The van der Waals surface area contributed by atoms with Crippen LogP contribution in [-0.4, -0.2) is 21.0 Å². The van der Waals surface area contributed by atoms with Gasteiger partial charge in [-0.2, -0.15) is 0 Å². The summed E-state index contributed by atoms with van der Waals surface area (Å²) in [4.78, 5) is 26.4. The summed E-state index contributed by atoms with van der Waals surface area (Å²) < 4.78 is 0. The number of carbonyl (C=O) groups is 1. The summed E-state index contributed by atoms with van der Waals surface area (Å²) in [6, 6.07) is 0. The Morgan fingerprint density at radius 2 is 2.25 bits per heavy atom. The lowest BCUT2D eigenvalue weighted by atomic mass is 10.2. The lowest BCUT2D eigenvalue weighted by Gasteiger charge is -1.85. The highest BCUT2D eigenvalue weighted by atomic mass is 16.4. The number of aromatic nitrogens is 2. The fourth-order valence-corrected chi connectivity index (χ4v) is 1.25. The molecule has 0 fully saturated rings. The molecule has 1 aromatic heterocycles. The molecule has 5 heteroatoms. The van der Waals surface area contributed by atoms with Crippen molar-refractivity contribution in [2.75, 3.05) is 0 Å². The van der Waals surface area contributed by atoms with Gasteiger partial charge in [0, 0.05) is 0 Å². The molecule has 0 aromatic carbocycles. The van der Waals surface area contributed by atoms with Gasteiger partial charge in [0.25, 0.3) is 0 Å². The molecule has 0 radical (unpaired) electrons. The van der Waals surface area contributed by atoms with Gasteiger partial charge in [-0.1, -0.05) is 25.2 Å². The third kappa shape index (κ3) is 3.63. The van der Waals surface area contributed by atoms with Gasteiger partial charge in [0.15, 0.2) is 0 Å². The molecule has 0 amide bonds. The summed E-state index contributed by atoms with van der Waals surface area (Å²) in [5.74, 6) is -1.10. The van der Waals surface area contributed by atoms with Crippen LogP contribution in [0.3, 0.4) is 0 Å². The second-order valence-corrected chi connectivity index (χ2v) is 3.34. The van der Waals surface area contributed by atoms with Crippen molar-refractivity contribution < 1.29 is 9.90 Å². The van der Waals surface area contributed by atoms with Crippen LogP contribution in [-0.2, 0) is 4.79 Å². The van der Waals surface area contributed by atoms with Gasteiger partial charge in [-0.05, 0) is 12.8 Å². The first-order valence-electron chi connectivity index (χ1n) is 5.11. The Bertz CT molecular complexity index is 559. The molecule has 1 aromatic rings. The largest absolute Gasteiger partial charge is 0.478 e. The van der Waals surface area contributed by atoms with E-state index in [4.69, 9.17) is 5.11 Å². The van der Waals surface area contributed by atoms with Gasteiger partial charge in [-0.15, -0.1) is 0 Å². The molecule has 0 atom stereocenters. The zero-order valence-corrected chi connectivity index (χ0v) is 9.04. The van der Waals surface area contributed by atoms with Crippen LogP contribution in [0.15, 0.2) is 10.9 Å². The lowest BCUT2D eigenvalue weighted by Crippen LogP contribution is -2.23. The summed E-state index contributed by atoms with van der Waals surface area (Å²) in [6.07, 6.45) is 5.66. The number of hydrogen-bond donors (Lipinski definition) is 3. The van der Waals surface area contributed by atoms with Gasteiger partial charge in [0.1, 0.15) is 5.35 Å². The average Bonchev–Trinajstić information content (AvgIpc) is 2.56. The SMILES string of the molecule is CCCCC=c1[nH]c(=O)[nH]c1=C=CC(=O)O. The Kier molecular flexibility index (Phi) is 4.36. The van der Waals surface area contributed by atoms with E-state index in [1.807, 2.05) is 6.08 Å². The molecular formula is C11H14N2O3. The second kappa shape index (κ2) is 5.78. The standard InChI is InChI=1S/C11H14N2O3/c1-2-3-4-5-8-9(6-7-10(14)15)13-11(16)12-8/h5,7H,2-4H2,1H3,(H,14,15)(H2,12,13,16). The Morgan fingerprint density at radius 1 is 1.50 bits per heavy atom. The number of nitrogens with one attached hydrogen (secondary N) is 2. The van der Waals surface area contributed by atoms with Crippen LogP contribution in [0.4, 0.5) is 0 Å². The van der Waals surface area contributed by atoms with Crippen molar-refractivity contribution in [1.29, 1.82) is 0 Å². The number of aromatic amines is 2. The molecule has 0 aliphatic carbocycles. The van der Waals surface area contributed by atoms with E-state index < -0.39 is 5.97 Å². The zero-order valence-electron chi connectivity index (χ0n) is 9.04. The van der Waals surface area contributed by atoms with Crippen LogP contribution >= 0.6 is 0 Å². The highest BCUT2D eigenvalue weighted by molar-refractivity contribution is 5.82. The fraction of sp³-hybridized carbons (Fsp3) is 0.364. The summed E-state index contributed by atoms with van der Waals surface area (Å²) in [6.45, 7) is 2.07. The first-order valence-corrected chi connectivity index (χ1v) is 5.11. The Morgan fingerprint density at radius 3 is 2.88 bits per heavy atom. The molecule has 0 spiro atoms. The van der Waals surface area contributed by atoms with Gasteiger partial charge >= 0.3 is 11.7 Å². The first-order chi connectivity index (χ1) is 7.63. The molecular weight excluding hydrogens is 208 g/mol. The van der Waals surface area contributed by atoms with E-state index in [0.717, 1.165) is 25.3 Å². The molecule has 86 valence electrons. The number of carboxylic acids is 1. The molecule has 0 saturated carbocycles. The maximum absolute atomic E-state index is 11.1. The molecule has 1 heterocycles. The lowest BCUT2D eigenvalue weighted by molar-refractivity contribution is -0.131. The molecule has 3 N–H and O–H groups in total. The van der Waals surface area contributed by atoms with Crippen molar-refractivity contribution >= 4 is 17.8 Å². The van der Waals surface area contributed by atoms with E-state index in [2.05, 4.69) is 22.6 Å².